The number of methoxy groups -OCH3 is 2. The molecule has 0 fully saturated rings. The van der Waals surface area contributed by atoms with E-state index in [1.54, 1.807) is 32.9 Å². The number of carbonyl (C=O) groups excluding carboxylic acids is 5. The lowest BCUT2D eigenvalue weighted by Crippen LogP contribution is -2.38. The first-order chi connectivity index (χ1) is 20.2. The van der Waals surface area contributed by atoms with Gasteiger partial charge < -0.3 is 35.7 Å². The SMILES string of the molecule is CCC(=O)NC1=C2C[C@@H](C)C[C@H](OC)[C@H](O)[C@@H](C)/C=C(/C)[C@H](OC(N)=O)[C@@H](OC)/C=C\C=C(\C)C(=O)NC(=CC1=O)C2=O. The van der Waals surface area contributed by atoms with Crippen molar-refractivity contribution in [1.29, 1.82) is 0 Å². The molecule has 0 aromatic rings. The molecule has 12 nitrogen and oxygen atoms in total. The Balaban J connectivity index is 2.64. The number of hydrogen-bond acceptors (Lipinski definition) is 9. The van der Waals surface area contributed by atoms with Crippen LogP contribution in [0.15, 0.2) is 58.5 Å². The molecular weight excluding hydrogens is 558 g/mol. The first-order valence-electron chi connectivity index (χ1n) is 14.1. The van der Waals surface area contributed by atoms with E-state index >= 15 is 0 Å². The maximum atomic E-state index is 13.6. The lowest BCUT2D eigenvalue weighted by molar-refractivity contribution is -0.122. The minimum atomic E-state index is -1.02. The van der Waals surface area contributed by atoms with Crippen molar-refractivity contribution in [1.82, 2.24) is 10.6 Å². The normalized spacial score (nSPS) is 31.2. The number of carbonyl (C=O) groups is 5. The van der Waals surface area contributed by atoms with Crippen LogP contribution in [0.2, 0.25) is 0 Å². The molecule has 1 aliphatic heterocycles. The van der Waals surface area contributed by atoms with E-state index in [4.69, 9.17) is 19.9 Å². The topological polar surface area (TPSA) is 183 Å². The predicted octanol–water partition coefficient (Wildman–Crippen LogP) is 2.29. The molecule has 5 N–H and O–H groups in total. The molecule has 2 rings (SSSR count). The number of hydrogen-bond donors (Lipinski definition) is 4. The number of amides is 3. The van der Waals surface area contributed by atoms with Gasteiger partial charge in [0.2, 0.25) is 17.5 Å². The fourth-order valence-corrected chi connectivity index (χ4v) is 4.95. The second-order valence-corrected chi connectivity index (χ2v) is 10.8. The van der Waals surface area contributed by atoms with E-state index in [2.05, 4.69) is 10.6 Å². The largest absolute Gasteiger partial charge is 0.439 e. The molecule has 12 heteroatoms. The van der Waals surface area contributed by atoms with Crippen LogP contribution in [0.1, 0.15) is 53.9 Å². The van der Waals surface area contributed by atoms with Crippen molar-refractivity contribution in [2.24, 2.45) is 17.6 Å². The maximum absolute atomic E-state index is 13.6. The highest BCUT2D eigenvalue weighted by molar-refractivity contribution is 6.24. The number of primary amides is 1. The van der Waals surface area contributed by atoms with Gasteiger partial charge in [-0.1, -0.05) is 45.1 Å². The molecule has 2 aliphatic rings. The first-order valence-corrected chi connectivity index (χ1v) is 14.1. The lowest BCUT2D eigenvalue weighted by atomic mass is 9.85. The summed E-state index contributed by atoms with van der Waals surface area (Å²) in [6, 6.07) is 0. The number of Topliss-reactive ketones (excluding diaryl/α,β-unsaturated/α-hetero) is 1. The summed E-state index contributed by atoms with van der Waals surface area (Å²) < 4.78 is 16.5. The summed E-state index contributed by atoms with van der Waals surface area (Å²) in [4.78, 5) is 63.5. The molecule has 2 bridgehead atoms. The van der Waals surface area contributed by atoms with Gasteiger partial charge >= 0.3 is 6.09 Å². The molecule has 0 unspecified atom stereocenters. The molecule has 1 aliphatic carbocycles. The van der Waals surface area contributed by atoms with Crippen LogP contribution in [0.4, 0.5) is 4.79 Å². The fourth-order valence-electron chi connectivity index (χ4n) is 4.95. The van der Waals surface area contributed by atoms with Gasteiger partial charge in [-0.3, -0.25) is 19.2 Å². The van der Waals surface area contributed by atoms with E-state index in [1.165, 1.54) is 33.3 Å². The van der Waals surface area contributed by atoms with E-state index in [0.29, 0.717) is 5.57 Å². The van der Waals surface area contributed by atoms with Gasteiger partial charge in [-0.2, -0.15) is 0 Å². The van der Waals surface area contributed by atoms with Gasteiger partial charge in [0.15, 0.2) is 6.10 Å². The van der Waals surface area contributed by atoms with Crippen LogP contribution in [0.5, 0.6) is 0 Å². The Morgan fingerprint density at radius 1 is 1.14 bits per heavy atom. The molecule has 43 heavy (non-hydrogen) atoms. The predicted molar refractivity (Wildman–Crippen MR) is 158 cm³/mol. The Morgan fingerprint density at radius 3 is 2.40 bits per heavy atom. The molecule has 0 saturated heterocycles. The van der Waals surface area contributed by atoms with Crippen molar-refractivity contribution in [3.63, 3.8) is 0 Å². The first kappa shape index (κ1) is 35.3. The average Bonchev–Trinajstić information content (AvgIpc) is 2.95. The van der Waals surface area contributed by atoms with Gasteiger partial charge in [-0.05, 0) is 38.2 Å². The second kappa shape index (κ2) is 16.1. The summed E-state index contributed by atoms with van der Waals surface area (Å²) in [5, 5.41) is 16.3. The van der Waals surface area contributed by atoms with Gasteiger partial charge in [0.05, 0.1) is 23.6 Å². The Bertz CT molecular complexity index is 1260. The number of nitrogens with one attached hydrogen (secondary N) is 2. The maximum Gasteiger partial charge on any atom is 0.405 e. The third kappa shape index (κ3) is 9.57. The summed E-state index contributed by atoms with van der Waals surface area (Å²) >= 11 is 0. The molecule has 236 valence electrons. The van der Waals surface area contributed by atoms with Crippen LogP contribution in [0.25, 0.3) is 0 Å². The van der Waals surface area contributed by atoms with Crippen LogP contribution in [0.3, 0.4) is 0 Å². The Kier molecular flexibility index (Phi) is 13.2. The smallest absolute Gasteiger partial charge is 0.405 e. The third-order valence-corrected chi connectivity index (χ3v) is 7.38. The van der Waals surface area contributed by atoms with Crippen molar-refractivity contribution < 1.29 is 43.3 Å². The van der Waals surface area contributed by atoms with Gasteiger partial charge in [-0.25, -0.2) is 4.79 Å². The number of aliphatic hydroxyl groups excluding tert-OH is 1. The van der Waals surface area contributed by atoms with Gasteiger partial charge in [0.1, 0.15) is 6.10 Å². The summed E-state index contributed by atoms with van der Waals surface area (Å²) in [5.41, 5.74) is 5.80. The zero-order chi connectivity index (χ0) is 32.4. The molecule has 0 spiro atoms. The molecule has 0 aromatic heterocycles. The number of aliphatic hydroxyl groups is 1. The van der Waals surface area contributed by atoms with Gasteiger partial charge in [0, 0.05) is 43.8 Å². The number of nitrogens with two attached hydrogens (primary N) is 1. The molecule has 1 heterocycles. The fraction of sp³-hybridized carbons (Fsp3) is 0.516. The van der Waals surface area contributed by atoms with E-state index in [-0.39, 0.29) is 47.7 Å². The zero-order valence-corrected chi connectivity index (χ0v) is 25.8. The van der Waals surface area contributed by atoms with Crippen molar-refractivity contribution >= 4 is 29.5 Å². The minimum Gasteiger partial charge on any atom is -0.439 e. The average molecular weight is 602 g/mol. The molecule has 6 atom stereocenters. The van der Waals surface area contributed by atoms with Crippen molar-refractivity contribution in [2.45, 2.75) is 78.3 Å². The van der Waals surface area contributed by atoms with Crippen LogP contribution < -0.4 is 16.4 Å². The number of allylic oxidation sites excluding steroid dienone is 4. The Morgan fingerprint density at radius 2 is 1.81 bits per heavy atom. The Hall–Kier alpha value is -3.87. The third-order valence-electron chi connectivity index (χ3n) is 7.38. The standard InChI is InChI=1S/C31H43N3O9/c1-8-25(36)34-26-20-12-16(2)13-24(42-7)27(37)18(4)14-19(5)29(43-31(32)40)23(41-6)11-9-10-17(3)30(39)33-21(28(20)38)15-22(26)35/h9-11,14-16,18,23-24,27,29,37H,8,12-13H2,1-7H3,(H2,32,40)(H,33,39)(H,34,36)/b11-9-,17-10-,19-14-/t16-,18+,23+,24+,27-,29+/m1/s1. The summed E-state index contributed by atoms with van der Waals surface area (Å²) in [6.45, 7) is 8.45. The van der Waals surface area contributed by atoms with E-state index < -0.39 is 59.8 Å². The van der Waals surface area contributed by atoms with E-state index in [9.17, 15) is 29.1 Å². The zero-order valence-electron chi connectivity index (χ0n) is 25.8. The molecule has 0 saturated carbocycles. The van der Waals surface area contributed by atoms with E-state index in [0.717, 1.165) is 6.08 Å². The summed E-state index contributed by atoms with van der Waals surface area (Å²) in [6.07, 6.45) is 3.28. The van der Waals surface area contributed by atoms with Crippen molar-refractivity contribution in [2.75, 3.05) is 14.2 Å². The number of ketones is 2. The van der Waals surface area contributed by atoms with Gasteiger partial charge in [-0.15, -0.1) is 0 Å². The number of ether oxygens (including phenoxy) is 3. The molecule has 0 radical (unpaired) electrons. The quantitative estimate of drug-likeness (QED) is 0.271. The van der Waals surface area contributed by atoms with Crippen LogP contribution in [-0.4, -0.2) is 73.2 Å². The van der Waals surface area contributed by atoms with Crippen LogP contribution in [0, 0.1) is 11.8 Å². The highest BCUT2D eigenvalue weighted by atomic mass is 16.6. The van der Waals surface area contributed by atoms with Gasteiger partial charge in [0.25, 0.3) is 5.91 Å². The molecule has 0 aromatic carbocycles. The van der Waals surface area contributed by atoms with Crippen molar-refractivity contribution in [3.8, 4) is 0 Å². The van der Waals surface area contributed by atoms with Crippen LogP contribution in [-0.2, 0) is 33.4 Å². The molecular formula is C31H43N3O9. The Labute approximate surface area is 252 Å². The summed E-state index contributed by atoms with van der Waals surface area (Å²) in [5.74, 6) is -3.06. The number of fused-ring (bicyclic) bond motifs is 2. The second-order valence-electron chi connectivity index (χ2n) is 10.8. The minimum absolute atomic E-state index is 0.0547. The highest BCUT2D eigenvalue weighted by Gasteiger charge is 2.34. The highest BCUT2D eigenvalue weighted by Crippen LogP contribution is 2.29. The summed E-state index contributed by atoms with van der Waals surface area (Å²) in [7, 11) is 2.87. The molecule has 3 amide bonds. The van der Waals surface area contributed by atoms with Crippen LogP contribution >= 0.6 is 0 Å². The van der Waals surface area contributed by atoms with E-state index in [1.807, 2.05) is 6.92 Å². The lowest BCUT2D eigenvalue weighted by Gasteiger charge is -2.30. The number of rotatable bonds is 5. The van der Waals surface area contributed by atoms with Crippen molar-refractivity contribution in [3.05, 3.63) is 58.5 Å². The monoisotopic (exact) mass is 601 g/mol.